The van der Waals surface area contributed by atoms with Crippen molar-refractivity contribution < 1.29 is 35.8 Å². The second kappa shape index (κ2) is 17.8. The summed E-state index contributed by atoms with van der Waals surface area (Å²) in [5.74, 6) is 1.55. The van der Waals surface area contributed by atoms with Crippen LogP contribution < -0.4 is 18.9 Å². The Bertz CT molecular complexity index is 2540. The van der Waals surface area contributed by atoms with Crippen LogP contribution in [0.5, 0.6) is 23.0 Å². The zero-order valence-electron chi connectivity index (χ0n) is 32.1. The van der Waals surface area contributed by atoms with Crippen LogP contribution in [0.25, 0.3) is 0 Å². The van der Waals surface area contributed by atoms with Crippen LogP contribution in [-0.4, -0.2) is 16.8 Å². The van der Waals surface area contributed by atoms with Gasteiger partial charge in [0.15, 0.2) is 0 Å². The lowest BCUT2D eigenvalue weighted by Crippen LogP contribution is -2.07. The molecule has 7 aromatic carbocycles. The van der Waals surface area contributed by atoms with E-state index in [0.29, 0.717) is 24.7 Å². The molecule has 0 unspecified atom stereocenters. The number of para-hydroxylation sites is 2. The Morgan fingerprint density at radius 1 is 0.362 bits per heavy atom. The quantitative estimate of drug-likeness (QED) is 0.0950. The van der Waals surface area contributed by atoms with E-state index in [1.54, 1.807) is 60.7 Å². The number of aryl methyl sites for hydroxylation is 2. The van der Waals surface area contributed by atoms with Gasteiger partial charge in [0.25, 0.3) is 0 Å². The molecule has 0 saturated carbocycles. The fourth-order valence-electron chi connectivity index (χ4n) is 6.34. The Balaban J connectivity index is 0.980. The molecule has 0 spiro atoms. The Morgan fingerprint density at radius 2 is 0.707 bits per heavy atom. The molecule has 8 nitrogen and oxygen atoms in total. The van der Waals surface area contributed by atoms with Crippen molar-refractivity contribution in [2.75, 3.05) is 0 Å². The topological polar surface area (TPSA) is 105 Å². The van der Waals surface area contributed by atoms with Gasteiger partial charge in [-0.05, 0) is 115 Å². The average molecular weight is 811 g/mol. The van der Waals surface area contributed by atoms with Crippen molar-refractivity contribution >= 4 is 19.7 Å². The summed E-state index contributed by atoms with van der Waals surface area (Å²) in [4.78, 5) is 0.330. The van der Waals surface area contributed by atoms with E-state index >= 15 is 0 Å². The number of hydrogen-bond donors (Lipinski definition) is 0. The highest BCUT2D eigenvalue weighted by Crippen LogP contribution is 2.33. The molecular formula is C48H42O8S2. The van der Waals surface area contributed by atoms with Gasteiger partial charge in [-0.3, -0.25) is 0 Å². The number of hydrogen-bond acceptors (Lipinski definition) is 8. The fourth-order valence-corrected chi connectivity index (χ4v) is 9.13. The van der Waals surface area contributed by atoms with Gasteiger partial charge in [0, 0.05) is 0 Å². The van der Waals surface area contributed by atoms with Crippen LogP contribution in [0.15, 0.2) is 189 Å². The van der Waals surface area contributed by atoms with Gasteiger partial charge < -0.3 is 18.9 Å². The smallest absolute Gasteiger partial charge is 0.210 e. The van der Waals surface area contributed by atoms with Crippen LogP contribution in [0.3, 0.4) is 0 Å². The molecule has 0 atom stereocenters. The summed E-state index contributed by atoms with van der Waals surface area (Å²) >= 11 is 0. The first kappa shape index (κ1) is 39.9. The summed E-state index contributed by atoms with van der Waals surface area (Å²) in [6.07, 6.45) is 0. The first-order chi connectivity index (χ1) is 28.0. The van der Waals surface area contributed by atoms with Gasteiger partial charge in [-0.15, -0.1) is 0 Å². The summed E-state index contributed by atoms with van der Waals surface area (Å²) in [6, 6.07) is 49.3. The van der Waals surface area contributed by atoms with Crippen molar-refractivity contribution in [3.05, 3.63) is 203 Å². The minimum atomic E-state index is -3.92. The van der Waals surface area contributed by atoms with Gasteiger partial charge in [-0.2, -0.15) is 0 Å². The number of rotatable bonds is 16. The van der Waals surface area contributed by atoms with E-state index in [1.165, 1.54) is 36.4 Å². The third-order valence-electron chi connectivity index (χ3n) is 9.30. The second-order valence-corrected chi connectivity index (χ2v) is 17.6. The van der Waals surface area contributed by atoms with Gasteiger partial charge in [-0.25, -0.2) is 16.8 Å². The van der Waals surface area contributed by atoms with Gasteiger partial charge in [0.2, 0.25) is 19.7 Å². The van der Waals surface area contributed by atoms with E-state index in [9.17, 15) is 16.8 Å². The van der Waals surface area contributed by atoms with Crippen LogP contribution in [-0.2, 0) is 46.1 Å². The Morgan fingerprint density at radius 3 is 1.10 bits per heavy atom. The molecule has 7 rings (SSSR count). The van der Waals surface area contributed by atoms with E-state index in [0.717, 1.165) is 33.4 Å². The summed E-state index contributed by atoms with van der Waals surface area (Å²) in [7, 11) is -7.84. The minimum absolute atomic E-state index is 0.0464. The monoisotopic (exact) mass is 810 g/mol. The van der Waals surface area contributed by atoms with Gasteiger partial charge in [0.05, 0.1) is 9.79 Å². The van der Waals surface area contributed by atoms with Crippen molar-refractivity contribution in [3.63, 3.8) is 0 Å². The lowest BCUT2D eigenvalue weighted by atomic mass is 10.1. The number of sulfone groups is 2. The lowest BCUT2D eigenvalue weighted by molar-refractivity contribution is 0.292. The molecule has 0 heterocycles. The lowest BCUT2D eigenvalue weighted by Gasteiger charge is -2.14. The Hall–Kier alpha value is -6.36. The van der Waals surface area contributed by atoms with E-state index in [1.807, 2.05) is 86.6 Å². The van der Waals surface area contributed by atoms with Gasteiger partial charge in [0.1, 0.15) is 59.2 Å². The standard InChI is InChI=1S/C48H42O8S2/c1-35-10-7-12-37(28-35)31-53-41-20-24-43(25-21-41)57(49,50)47-18-5-3-16-45(47)55-33-39-14-9-15-40(30-39)34-56-46-17-4-6-19-48(46)58(51,52)44-26-22-42(23-27-44)54-32-38-13-8-11-36(2)29-38/h3-30H,31-34H2,1-2H3. The fraction of sp³-hybridized carbons (Fsp3) is 0.125. The van der Waals surface area contributed by atoms with E-state index in [4.69, 9.17) is 18.9 Å². The van der Waals surface area contributed by atoms with Gasteiger partial charge in [-0.1, -0.05) is 102 Å². The predicted octanol–water partition coefficient (Wildman–Crippen LogP) is 10.3. The van der Waals surface area contributed by atoms with Crippen molar-refractivity contribution in [3.8, 4) is 23.0 Å². The van der Waals surface area contributed by atoms with Crippen LogP contribution in [0.4, 0.5) is 0 Å². The predicted molar refractivity (Wildman–Crippen MR) is 223 cm³/mol. The molecule has 0 fully saturated rings. The largest absolute Gasteiger partial charge is 0.489 e. The average Bonchev–Trinajstić information content (AvgIpc) is 3.24. The van der Waals surface area contributed by atoms with Crippen molar-refractivity contribution in [1.82, 2.24) is 0 Å². The molecule has 7 aromatic rings. The van der Waals surface area contributed by atoms with E-state index in [-0.39, 0.29) is 44.3 Å². The highest BCUT2D eigenvalue weighted by Gasteiger charge is 2.24. The highest BCUT2D eigenvalue weighted by atomic mass is 32.2. The van der Waals surface area contributed by atoms with Crippen molar-refractivity contribution in [2.24, 2.45) is 0 Å². The second-order valence-electron chi connectivity index (χ2n) is 13.8. The molecule has 10 heteroatoms. The summed E-state index contributed by atoms with van der Waals surface area (Å²) in [6.45, 7) is 4.94. The first-order valence-electron chi connectivity index (χ1n) is 18.6. The van der Waals surface area contributed by atoms with Crippen molar-refractivity contribution in [1.29, 1.82) is 0 Å². The first-order valence-corrected chi connectivity index (χ1v) is 21.6. The molecule has 0 N–H and O–H groups in total. The minimum Gasteiger partial charge on any atom is -0.489 e. The molecule has 0 aromatic heterocycles. The molecule has 0 radical (unpaired) electrons. The van der Waals surface area contributed by atoms with Crippen LogP contribution >= 0.6 is 0 Å². The maximum absolute atomic E-state index is 13.8. The maximum Gasteiger partial charge on any atom is 0.210 e. The SMILES string of the molecule is Cc1cccc(COc2ccc(S(=O)(=O)c3ccccc3OCc3cccc(COc4ccccc4S(=O)(=O)c4ccc(OCc5cccc(C)c5)cc4)c3)cc2)c1. The molecular weight excluding hydrogens is 769 g/mol. The van der Waals surface area contributed by atoms with Crippen molar-refractivity contribution in [2.45, 2.75) is 59.9 Å². The number of benzene rings is 7. The van der Waals surface area contributed by atoms with E-state index < -0.39 is 19.7 Å². The highest BCUT2D eigenvalue weighted by molar-refractivity contribution is 7.92. The van der Waals surface area contributed by atoms with E-state index in [2.05, 4.69) is 0 Å². The molecule has 294 valence electrons. The molecule has 58 heavy (non-hydrogen) atoms. The third kappa shape index (κ3) is 9.77. The molecule has 0 aliphatic carbocycles. The summed E-state index contributed by atoms with van der Waals surface area (Å²) in [5, 5.41) is 0. The third-order valence-corrected chi connectivity index (χ3v) is 12.9. The molecule has 0 aliphatic rings. The molecule has 0 saturated heterocycles. The van der Waals surface area contributed by atoms with Crippen LogP contribution in [0, 0.1) is 13.8 Å². The summed E-state index contributed by atoms with van der Waals surface area (Å²) in [5.41, 5.74) is 5.87. The maximum atomic E-state index is 13.8. The number of ether oxygens (including phenoxy) is 4. The van der Waals surface area contributed by atoms with Gasteiger partial charge >= 0.3 is 0 Å². The molecule has 0 bridgehead atoms. The Kier molecular flexibility index (Phi) is 12.3. The van der Waals surface area contributed by atoms with Crippen LogP contribution in [0.1, 0.15) is 33.4 Å². The van der Waals surface area contributed by atoms with Crippen LogP contribution in [0.2, 0.25) is 0 Å². The molecule has 0 amide bonds. The molecule has 0 aliphatic heterocycles. The zero-order chi connectivity index (χ0) is 40.5. The normalized spacial score (nSPS) is 11.5. The Labute approximate surface area is 340 Å². The zero-order valence-corrected chi connectivity index (χ0v) is 33.7. The summed E-state index contributed by atoms with van der Waals surface area (Å²) < 4.78 is 79.1.